The maximum Gasteiger partial charge on any atom is 0.332 e. The SMILES string of the molecule is Cl.NC(=O)N/N=C/c1cc(Br)ccc1O. The molecular formula is C8H9BrClN3O2. The van der Waals surface area contributed by atoms with Crippen LogP contribution in [-0.2, 0) is 0 Å². The van der Waals surface area contributed by atoms with E-state index in [0.717, 1.165) is 4.47 Å². The molecule has 1 aromatic rings. The van der Waals surface area contributed by atoms with E-state index in [9.17, 15) is 9.90 Å². The van der Waals surface area contributed by atoms with Crippen molar-refractivity contribution in [2.45, 2.75) is 0 Å². The minimum Gasteiger partial charge on any atom is -0.507 e. The highest BCUT2D eigenvalue weighted by molar-refractivity contribution is 9.10. The molecule has 0 bridgehead atoms. The average molecular weight is 295 g/mol. The van der Waals surface area contributed by atoms with Gasteiger partial charge in [-0.15, -0.1) is 12.4 Å². The molecule has 0 atom stereocenters. The predicted octanol–water partition coefficient (Wildman–Crippen LogP) is 1.58. The van der Waals surface area contributed by atoms with Gasteiger partial charge in [-0.1, -0.05) is 15.9 Å². The van der Waals surface area contributed by atoms with E-state index in [1.54, 1.807) is 12.1 Å². The Morgan fingerprint density at radius 2 is 2.27 bits per heavy atom. The zero-order valence-electron chi connectivity index (χ0n) is 7.48. The molecular weight excluding hydrogens is 285 g/mol. The maximum atomic E-state index is 10.3. The number of rotatable bonds is 2. The van der Waals surface area contributed by atoms with Crippen LogP contribution in [0.25, 0.3) is 0 Å². The average Bonchev–Trinajstić information content (AvgIpc) is 2.10. The monoisotopic (exact) mass is 293 g/mol. The van der Waals surface area contributed by atoms with Gasteiger partial charge < -0.3 is 10.8 Å². The van der Waals surface area contributed by atoms with Crippen molar-refractivity contribution in [2.24, 2.45) is 10.8 Å². The first kappa shape index (κ1) is 13.7. The van der Waals surface area contributed by atoms with Crippen molar-refractivity contribution in [3.8, 4) is 5.75 Å². The number of halogens is 2. The van der Waals surface area contributed by atoms with E-state index in [1.807, 2.05) is 5.43 Å². The largest absolute Gasteiger partial charge is 0.507 e. The molecule has 0 aromatic heterocycles. The van der Waals surface area contributed by atoms with Gasteiger partial charge in [-0.2, -0.15) is 5.10 Å². The summed E-state index contributed by atoms with van der Waals surface area (Å²) in [6.07, 6.45) is 1.30. The summed E-state index contributed by atoms with van der Waals surface area (Å²) in [7, 11) is 0. The van der Waals surface area contributed by atoms with Gasteiger partial charge in [0.1, 0.15) is 5.75 Å². The summed E-state index contributed by atoms with van der Waals surface area (Å²) in [6, 6.07) is 4.10. The van der Waals surface area contributed by atoms with Gasteiger partial charge in [-0.05, 0) is 18.2 Å². The number of nitrogens with two attached hydrogens (primary N) is 1. The summed E-state index contributed by atoms with van der Waals surface area (Å²) < 4.78 is 0.802. The van der Waals surface area contributed by atoms with Crippen LogP contribution in [-0.4, -0.2) is 17.4 Å². The van der Waals surface area contributed by atoms with Crippen LogP contribution >= 0.6 is 28.3 Å². The minimum absolute atomic E-state index is 0. The third-order valence-corrected chi connectivity index (χ3v) is 1.86. The van der Waals surface area contributed by atoms with Crippen LogP contribution in [0.15, 0.2) is 27.8 Å². The number of nitrogens with one attached hydrogen (secondary N) is 1. The molecule has 0 spiro atoms. The number of phenols is 1. The molecule has 0 aliphatic heterocycles. The Labute approximate surface area is 101 Å². The smallest absolute Gasteiger partial charge is 0.332 e. The van der Waals surface area contributed by atoms with Crippen LogP contribution < -0.4 is 11.2 Å². The molecule has 0 fully saturated rings. The quantitative estimate of drug-likeness (QED) is 0.571. The number of urea groups is 1. The first-order valence-electron chi connectivity index (χ1n) is 3.66. The fourth-order valence-electron chi connectivity index (χ4n) is 0.794. The molecule has 0 unspecified atom stereocenters. The number of benzene rings is 1. The van der Waals surface area contributed by atoms with Crippen molar-refractivity contribution in [1.29, 1.82) is 0 Å². The lowest BCUT2D eigenvalue weighted by molar-refractivity contribution is 0.249. The Balaban J connectivity index is 0.00000196. The van der Waals surface area contributed by atoms with Crippen LogP contribution in [0.4, 0.5) is 4.79 Å². The number of aromatic hydroxyl groups is 1. The Morgan fingerprint density at radius 1 is 1.60 bits per heavy atom. The molecule has 5 nitrogen and oxygen atoms in total. The third kappa shape index (κ3) is 4.66. The Morgan fingerprint density at radius 3 is 2.87 bits per heavy atom. The maximum absolute atomic E-state index is 10.3. The van der Waals surface area contributed by atoms with Crippen LogP contribution in [0.1, 0.15) is 5.56 Å². The molecule has 1 aromatic carbocycles. The highest BCUT2D eigenvalue weighted by Gasteiger charge is 1.98. The van der Waals surface area contributed by atoms with Gasteiger partial charge in [0.2, 0.25) is 0 Å². The number of nitrogens with zero attached hydrogens (tertiary/aromatic N) is 1. The molecule has 82 valence electrons. The molecule has 1 rings (SSSR count). The lowest BCUT2D eigenvalue weighted by Gasteiger charge is -1.98. The summed E-state index contributed by atoms with van der Waals surface area (Å²) >= 11 is 3.23. The van der Waals surface area contributed by atoms with Crippen molar-refractivity contribution in [1.82, 2.24) is 5.43 Å². The van der Waals surface area contributed by atoms with Crippen molar-refractivity contribution in [2.75, 3.05) is 0 Å². The van der Waals surface area contributed by atoms with E-state index in [1.165, 1.54) is 12.3 Å². The predicted molar refractivity (Wildman–Crippen MR) is 63.4 cm³/mol. The molecule has 15 heavy (non-hydrogen) atoms. The molecule has 7 heteroatoms. The minimum atomic E-state index is -0.754. The first-order valence-corrected chi connectivity index (χ1v) is 4.46. The Kier molecular flexibility index (Phi) is 5.73. The molecule has 0 aliphatic rings. The van der Waals surface area contributed by atoms with Crippen LogP contribution in [0, 0.1) is 0 Å². The molecule has 0 saturated carbocycles. The zero-order valence-corrected chi connectivity index (χ0v) is 9.88. The summed E-state index contributed by atoms with van der Waals surface area (Å²) in [4.78, 5) is 10.3. The van der Waals surface area contributed by atoms with Gasteiger partial charge in [0, 0.05) is 10.0 Å². The van der Waals surface area contributed by atoms with Crippen molar-refractivity contribution in [3.63, 3.8) is 0 Å². The molecule has 0 saturated heterocycles. The standard InChI is InChI=1S/C8H8BrN3O2.ClH/c9-6-1-2-7(13)5(3-6)4-11-12-8(10)14;/h1-4,13H,(H3,10,12,14);1H/b11-4+;. The number of hydrogen-bond donors (Lipinski definition) is 3. The topological polar surface area (TPSA) is 87.7 Å². The lowest BCUT2D eigenvalue weighted by Crippen LogP contribution is -2.24. The zero-order chi connectivity index (χ0) is 10.6. The van der Waals surface area contributed by atoms with E-state index in [4.69, 9.17) is 5.73 Å². The molecule has 2 amide bonds. The molecule has 0 heterocycles. The summed E-state index contributed by atoms with van der Waals surface area (Å²) in [5.74, 6) is 0.0724. The van der Waals surface area contributed by atoms with E-state index in [-0.39, 0.29) is 18.2 Å². The van der Waals surface area contributed by atoms with Gasteiger partial charge >= 0.3 is 6.03 Å². The van der Waals surface area contributed by atoms with Gasteiger partial charge in [-0.25, -0.2) is 10.2 Å². The van der Waals surface area contributed by atoms with Gasteiger partial charge in [0.05, 0.1) is 6.21 Å². The van der Waals surface area contributed by atoms with E-state index >= 15 is 0 Å². The fourth-order valence-corrected chi connectivity index (χ4v) is 1.17. The lowest BCUT2D eigenvalue weighted by atomic mass is 10.2. The van der Waals surface area contributed by atoms with Crippen molar-refractivity contribution < 1.29 is 9.90 Å². The summed E-state index contributed by atoms with van der Waals surface area (Å²) in [5, 5.41) is 12.9. The second-order valence-corrected chi connectivity index (χ2v) is 3.35. The van der Waals surface area contributed by atoms with Gasteiger partial charge in [0.15, 0.2) is 0 Å². The highest BCUT2D eigenvalue weighted by atomic mass is 79.9. The van der Waals surface area contributed by atoms with Crippen LogP contribution in [0.3, 0.4) is 0 Å². The Hall–Kier alpha value is -1.27. The van der Waals surface area contributed by atoms with Gasteiger partial charge in [-0.3, -0.25) is 0 Å². The van der Waals surface area contributed by atoms with Crippen LogP contribution in [0.2, 0.25) is 0 Å². The number of amides is 2. The summed E-state index contributed by atoms with van der Waals surface area (Å²) in [6.45, 7) is 0. The van der Waals surface area contributed by atoms with E-state index in [0.29, 0.717) is 5.56 Å². The number of hydrazone groups is 1. The Bertz CT molecular complexity index is 384. The van der Waals surface area contributed by atoms with E-state index in [2.05, 4.69) is 21.0 Å². The number of carbonyl (C=O) groups is 1. The highest BCUT2D eigenvalue weighted by Crippen LogP contribution is 2.19. The number of primary amides is 1. The molecule has 0 aliphatic carbocycles. The molecule has 4 N–H and O–H groups in total. The van der Waals surface area contributed by atoms with Crippen molar-refractivity contribution >= 4 is 40.6 Å². The fraction of sp³-hybridized carbons (Fsp3) is 0. The number of carbonyl (C=O) groups excluding carboxylic acids is 1. The number of hydrogen-bond acceptors (Lipinski definition) is 3. The summed E-state index contributed by atoms with van der Waals surface area (Å²) in [5.41, 5.74) is 7.29. The second-order valence-electron chi connectivity index (χ2n) is 2.44. The van der Waals surface area contributed by atoms with Crippen LogP contribution in [0.5, 0.6) is 5.75 Å². The first-order chi connectivity index (χ1) is 6.59. The second kappa shape index (κ2) is 6.26. The molecule has 0 radical (unpaired) electrons. The van der Waals surface area contributed by atoms with Gasteiger partial charge in [0.25, 0.3) is 0 Å². The van der Waals surface area contributed by atoms with E-state index < -0.39 is 6.03 Å². The third-order valence-electron chi connectivity index (χ3n) is 1.37. The number of phenolic OH excluding ortho intramolecular Hbond substituents is 1. The normalized spacial score (nSPS) is 9.67. The van der Waals surface area contributed by atoms with Crippen molar-refractivity contribution in [3.05, 3.63) is 28.2 Å².